The first-order valence-electron chi connectivity index (χ1n) is 7.92. The number of amides is 1. The summed E-state index contributed by atoms with van der Waals surface area (Å²) in [5, 5.41) is 6.81. The maximum absolute atomic E-state index is 12.4. The molecular formula is C20H18ClN3O. The Labute approximate surface area is 151 Å². The lowest BCUT2D eigenvalue weighted by Gasteiger charge is -2.10. The summed E-state index contributed by atoms with van der Waals surface area (Å²) in [7, 11) is 0. The van der Waals surface area contributed by atoms with Gasteiger partial charge >= 0.3 is 0 Å². The van der Waals surface area contributed by atoms with Crippen LogP contribution in [0.2, 0.25) is 5.02 Å². The van der Waals surface area contributed by atoms with E-state index in [0.717, 1.165) is 22.5 Å². The van der Waals surface area contributed by atoms with Gasteiger partial charge in [-0.05, 0) is 36.8 Å². The molecule has 25 heavy (non-hydrogen) atoms. The van der Waals surface area contributed by atoms with Crippen molar-refractivity contribution in [3.05, 3.63) is 88.7 Å². The summed E-state index contributed by atoms with van der Waals surface area (Å²) < 4.78 is 0. The van der Waals surface area contributed by atoms with Crippen LogP contribution in [0.25, 0.3) is 0 Å². The van der Waals surface area contributed by atoms with Gasteiger partial charge in [-0.15, -0.1) is 0 Å². The fourth-order valence-corrected chi connectivity index (χ4v) is 2.54. The van der Waals surface area contributed by atoms with Crippen LogP contribution >= 0.6 is 11.6 Å². The highest BCUT2D eigenvalue weighted by molar-refractivity contribution is 6.31. The Bertz CT molecular complexity index is 878. The number of nitrogens with one attached hydrogen (secondary N) is 2. The lowest BCUT2D eigenvalue weighted by Crippen LogP contribution is -2.12. The monoisotopic (exact) mass is 351 g/mol. The molecule has 0 saturated heterocycles. The summed E-state index contributed by atoms with van der Waals surface area (Å²) in [6.07, 6.45) is 3.23. The Balaban J connectivity index is 1.67. The van der Waals surface area contributed by atoms with E-state index in [0.29, 0.717) is 17.1 Å². The van der Waals surface area contributed by atoms with Gasteiger partial charge in [0.2, 0.25) is 0 Å². The number of rotatable bonds is 5. The van der Waals surface area contributed by atoms with Crippen LogP contribution in [0, 0.1) is 6.92 Å². The van der Waals surface area contributed by atoms with Crippen molar-refractivity contribution in [2.45, 2.75) is 13.5 Å². The molecule has 4 nitrogen and oxygen atoms in total. The molecule has 0 saturated carbocycles. The largest absolute Gasteiger partial charge is 0.380 e. The molecule has 0 bridgehead atoms. The molecule has 0 aliphatic heterocycles. The Morgan fingerprint density at radius 2 is 1.80 bits per heavy atom. The fourth-order valence-electron chi connectivity index (χ4n) is 2.34. The van der Waals surface area contributed by atoms with Crippen molar-refractivity contribution in [2.24, 2.45) is 0 Å². The Hall–Kier alpha value is -2.85. The lowest BCUT2D eigenvalue weighted by atomic mass is 10.2. The van der Waals surface area contributed by atoms with Crippen molar-refractivity contribution in [3.63, 3.8) is 0 Å². The van der Waals surface area contributed by atoms with Crippen LogP contribution in [0.5, 0.6) is 0 Å². The molecule has 0 radical (unpaired) electrons. The highest BCUT2D eigenvalue weighted by atomic mass is 35.5. The van der Waals surface area contributed by atoms with Crippen LogP contribution in [0.1, 0.15) is 21.5 Å². The van der Waals surface area contributed by atoms with Crippen LogP contribution in [-0.4, -0.2) is 10.9 Å². The first-order chi connectivity index (χ1) is 12.1. The van der Waals surface area contributed by atoms with E-state index in [1.54, 1.807) is 18.5 Å². The van der Waals surface area contributed by atoms with Gasteiger partial charge in [0.1, 0.15) is 0 Å². The van der Waals surface area contributed by atoms with E-state index in [-0.39, 0.29) is 5.91 Å². The summed E-state index contributed by atoms with van der Waals surface area (Å²) in [6, 6.07) is 17.1. The zero-order valence-electron chi connectivity index (χ0n) is 13.8. The fraction of sp³-hybridized carbons (Fsp3) is 0.100. The van der Waals surface area contributed by atoms with Crippen molar-refractivity contribution in [2.75, 3.05) is 10.6 Å². The normalized spacial score (nSPS) is 10.3. The van der Waals surface area contributed by atoms with Gasteiger partial charge in [-0.25, -0.2) is 0 Å². The van der Waals surface area contributed by atoms with Gasteiger partial charge in [0.05, 0.1) is 11.3 Å². The number of hydrogen-bond donors (Lipinski definition) is 2. The van der Waals surface area contributed by atoms with Gasteiger partial charge < -0.3 is 10.6 Å². The second kappa shape index (κ2) is 7.81. The molecule has 1 amide bonds. The quantitative estimate of drug-likeness (QED) is 0.686. The zero-order chi connectivity index (χ0) is 17.6. The molecule has 1 aromatic heterocycles. The number of aryl methyl sites for hydroxylation is 1. The first-order valence-corrected chi connectivity index (χ1v) is 8.30. The first kappa shape index (κ1) is 17.0. The SMILES string of the molecule is Cc1ccc(NC(=O)c2cncc(NCc3ccccc3Cl)c2)cc1. The second-order valence-corrected chi connectivity index (χ2v) is 6.13. The van der Waals surface area contributed by atoms with E-state index in [2.05, 4.69) is 15.6 Å². The molecule has 3 rings (SSSR count). The van der Waals surface area contributed by atoms with Gasteiger partial charge in [0, 0.05) is 29.6 Å². The topological polar surface area (TPSA) is 54.0 Å². The van der Waals surface area contributed by atoms with E-state index in [1.807, 2.05) is 55.5 Å². The maximum atomic E-state index is 12.4. The smallest absolute Gasteiger partial charge is 0.257 e. The summed E-state index contributed by atoms with van der Waals surface area (Å²) in [5.74, 6) is -0.197. The van der Waals surface area contributed by atoms with E-state index < -0.39 is 0 Å². The molecule has 0 atom stereocenters. The highest BCUT2D eigenvalue weighted by Gasteiger charge is 2.08. The predicted octanol–water partition coefficient (Wildman–Crippen LogP) is 4.91. The average molecular weight is 352 g/mol. The van der Waals surface area contributed by atoms with E-state index in [9.17, 15) is 4.79 Å². The van der Waals surface area contributed by atoms with Crippen LogP contribution in [0.15, 0.2) is 67.0 Å². The number of benzene rings is 2. The van der Waals surface area contributed by atoms with Crippen molar-refractivity contribution in [3.8, 4) is 0 Å². The van der Waals surface area contributed by atoms with E-state index in [4.69, 9.17) is 11.6 Å². The van der Waals surface area contributed by atoms with Crippen molar-refractivity contribution in [1.82, 2.24) is 4.98 Å². The molecule has 0 spiro atoms. The van der Waals surface area contributed by atoms with Gasteiger partial charge in [-0.1, -0.05) is 47.5 Å². The molecule has 126 valence electrons. The third-order valence-electron chi connectivity index (χ3n) is 3.75. The number of aromatic nitrogens is 1. The molecule has 0 fully saturated rings. The summed E-state index contributed by atoms with van der Waals surface area (Å²) >= 11 is 6.15. The molecule has 0 aliphatic carbocycles. The zero-order valence-corrected chi connectivity index (χ0v) is 14.5. The highest BCUT2D eigenvalue weighted by Crippen LogP contribution is 2.18. The van der Waals surface area contributed by atoms with E-state index in [1.165, 1.54) is 0 Å². The minimum absolute atomic E-state index is 0.197. The number of pyridine rings is 1. The number of carbonyl (C=O) groups excluding carboxylic acids is 1. The molecule has 2 N–H and O–H groups in total. The Morgan fingerprint density at radius 3 is 2.56 bits per heavy atom. The second-order valence-electron chi connectivity index (χ2n) is 5.73. The van der Waals surface area contributed by atoms with Crippen LogP contribution in [0.4, 0.5) is 11.4 Å². The van der Waals surface area contributed by atoms with Crippen molar-refractivity contribution in [1.29, 1.82) is 0 Å². The van der Waals surface area contributed by atoms with Gasteiger partial charge in [0.15, 0.2) is 0 Å². The van der Waals surface area contributed by atoms with Crippen molar-refractivity contribution >= 4 is 28.9 Å². The molecule has 3 aromatic rings. The van der Waals surface area contributed by atoms with Crippen LogP contribution in [0.3, 0.4) is 0 Å². The molecule has 5 heteroatoms. The number of hydrogen-bond acceptors (Lipinski definition) is 3. The minimum Gasteiger partial charge on any atom is -0.380 e. The van der Waals surface area contributed by atoms with Crippen molar-refractivity contribution < 1.29 is 4.79 Å². The number of carbonyl (C=O) groups is 1. The average Bonchev–Trinajstić information content (AvgIpc) is 2.63. The molecule has 1 heterocycles. The van der Waals surface area contributed by atoms with Crippen LogP contribution < -0.4 is 10.6 Å². The molecule has 0 aliphatic rings. The predicted molar refractivity (Wildman–Crippen MR) is 102 cm³/mol. The lowest BCUT2D eigenvalue weighted by molar-refractivity contribution is 0.102. The standard InChI is InChI=1S/C20H18ClN3O/c1-14-6-8-17(9-7-14)24-20(25)16-10-18(13-22-11-16)23-12-15-4-2-3-5-19(15)21/h2-11,13,23H,12H2,1H3,(H,24,25). The van der Waals surface area contributed by atoms with Gasteiger partial charge in [0.25, 0.3) is 5.91 Å². The Kier molecular flexibility index (Phi) is 5.31. The third-order valence-corrected chi connectivity index (χ3v) is 4.12. The van der Waals surface area contributed by atoms with Gasteiger partial charge in [-0.3, -0.25) is 9.78 Å². The molecular weight excluding hydrogens is 334 g/mol. The number of anilines is 2. The minimum atomic E-state index is -0.197. The summed E-state index contributed by atoms with van der Waals surface area (Å²) in [6.45, 7) is 2.56. The van der Waals surface area contributed by atoms with E-state index >= 15 is 0 Å². The number of nitrogens with zero attached hydrogens (tertiary/aromatic N) is 1. The maximum Gasteiger partial charge on any atom is 0.257 e. The van der Waals surface area contributed by atoms with Crippen LogP contribution in [-0.2, 0) is 6.54 Å². The Morgan fingerprint density at radius 1 is 1.04 bits per heavy atom. The van der Waals surface area contributed by atoms with Gasteiger partial charge in [-0.2, -0.15) is 0 Å². The molecule has 2 aromatic carbocycles. The third kappa shape index (κ3) is 4.58. The number of halogens is 1. The summed E-state index contributed by atoms with van der Waals surface area (Å²) in [5.41, 5.74) is 4.13. The summed E-state index contributed by atoms with van der Waals surface area (Å²) in [4.78, 5) is 16.5. The molecule has 0 unspecified atom stereocenters.